The average molecular weight is 303 g/mol. The van der Waals surface area contributed by atoms with Gasteiger partial charge < -0.3 is 20.5 Å². The van der Waals surface area contributed by atoms with E-state index in [-0.39, 0.29) is 30.3 Å². The largest absolute Gasteiger partial charge is 0.507 e. The highest BCUT2D eigenvalue weighted by atomic mass is 19.4. The van der Waals surface area contributed by atoms with Crippen LogP contribution >= 0.6 is 0 Å². The zero-order chi connectivity index (χ0) is 15.6. The quantitative estimate of drug-likeness (QED) is 0.796. The van der Waals surface area contributed by atoms with E-state index in [9.17, 15) is 18.3 Å². The van der Waals surface area contributed by atoms with Crippen LogP contribution in [0.2, 0.25) is 0 Å². The summed E-state index contributed by atoms with van der Waals surface area (Å²) in [7, 11) is 0. The Morgan fingerprint density at radius 2 is 2.05 bits per heavy atom. The molecule has 1 atom stereocenters. The highest BCUT2D eigenvalue weighted by molar-refractivity contribution is 5.58. The molecule has 1 unspecified atom stereocenters. The van der Waals surface area contributed by atoms with E-state index in [1.54, 1.807) is 0 Å². The number of alkyl halides is 3. The summed E-state index contributed by atoms with van der Waals surface area (Å²) in [6.45, 7) is -0.184. The van der Waals surface area contributed by atoms with Crippen LogP contribution in [0.5, 0.6) is 5.75 Å². The van der Waals surface area contributed by atoms with Crippen LogP contribution in [0.1, 0.15) is 23.9 Å². The second kappa shape index (κ2) is 5.70. The molecule has 4 N–H and O–H groups in total. The second-order valence-corrected chi connectivity index (χ2v) is 4.30. The summed E-state index contributed by atoms with van der Waals surface area (Å²) in [6, 6.07) is 2.16. The number of hydrogen-bond donors (Lipinski definition) is 3. The maximum Gasteiger partial charge on any atom is 0.419 e. The minimum absolute atomic E-state index is 0.0145. The third-order valence-corrected chi connectivity index (χ3v) is 2.76. The van der Waals surface area contributed by atoms with Crippen LogP contribution in [0.4, 0.5) is 13.2 Å². The SMILES string of the molecule is NC(CCO)c1nc(-c2ccc(O)c(C(F)(F)F)c2)no1. The number of nitrogens with zero attached hydrogens (tertiary/aromatic N) is 2. The van der Waals surface area contributed by atoms with Gasteiger partial charge in [0.25, 0.3) is 0 Å². The maximum atomic E-state index is 12.7. The third-order valence-electron chi connectivity index (χ3n) is 2.76. The first kappa shape index (κ1) is 15.3. The van der Waals surface area contributed by atoms with Crippen LogP contribution in [0.15, 0.2) is 22.7 Å². The fourth-order valence-corrected chi connectivity index (χ4v) is 1.67. The number of phenols is 1. The maximum absolute atomic E-state index is 12.7. The molecule has 0 spiro atoms. The lowest BCUT2D eigenvalue weighted by Crippen LogP contribution is -2.12. The topological polar surface area (TPSA) is 105 Å². The number of phenolic OH excluding ortho intramolecular Hbond substituents is 1. The predicted octanol–water partition coefficient (Wildman–Crippen LogP) is 1.84. The number of rotatable bonds is 4. The molecule has 0 aliphatic rings. The molecule has 6 nitrogen and oxygen atoms in total. The van der Waals surface area contributed by atoms with E-state index < -0.39 is 23.5 Å². The van der Waals surface area contributed by atoms with Gasteiger partial charge in [-0.05, 0) is 24.6 Å². The molecule has 0 radical (unpaired) electrons. The summed E-state index contributed by atoms with van der Waals surface area (Å²) in [5.74, 6) is -0.948. The first-order valence-electron chi connectivity index (χ1n) is 5.93. The molecule has 2 rings (SSSR count). The van der Waals surface area contributed by atoms with Gasteiger partial charge in [-0.25, -0.2) is 0 Å². The molecular formula is C12H12F3N3O3. The van der Waals surface area contributed by atoms with Gasteiger partial charge in [0.15, 0.2) is 0 Å². The highest BCUT2D eigenvalue weighted by Crippen LogP contribution is 2.37. The zero-order valence-electron chi connectivity index (χ0n) is 10.6. The molecule has 1 heterocycles. The van der Waals surface area contributed by atoms with Gasteiger partial charge in [-0.1, -0.05) is 5.16 Å². The molecule has 1 aromatic heterocycles. The Morgan fingerprint density at radius 1 is 1.33 bits per heavy atom. The lowest BCUT2D eigenvalue weighted by molar-refractivity contribution is -0.138. The van der Waals surface area contributed by atoms with Gasteiger partial charge in [-0.3, -0.25) is 0 Å². The van der Waals surface area contributed by atoms with Crippen molar-refractivity contribution in [2.45, 2.75) is 18.6 Å². The molecule has 114 valence electrons. The second-order valence-electron chi connectivity index (χ2n) is 4.30. The number of hydrogen-bond acceptors (Lipinski definition) is 6. The monoisotopic (exact) mass is 303 g/mol. The van der Waals surface area contributed by atoms with Gasteiger partial charge in [-0.15, -0.1) is 0 Å². The summed E-state index contributed by atoms with van der Waals surface area (Å²) in [5, 5.41) is 21.6. The Kier molecular flexibility index (Phi) is 4.14. The predicted molar refractivity (Wildman–Crippen MR) is 65.0 cm³/mol. The van der Waals surface area contributed by atoms with Crippen LogP contribution < -0.4 is 5.73 Å². The number of halogens is 3. The first-order valence-corrected chi connectivity index (χ1v) is 5.93. The van der Waals surface area contributed by atoms with E-state index >= 15 is 0 Å². The summed E-state index contributed by atoms with van der Waals surface area (Å²) >= 11 is 0. The third kappa shape index (κ3) is 3.31. The van der Waals surface area contributed by atoms with Crippen molar-refractivity contribution in [1.29, 1.82) is 0 Å². The van der Waals surface area contributed by atoms with Crippen molar-refractivity contribution in [2.24, 2.45) is 5.73 Å². The number of aliphatic hydroxyl groups is 1. The zero-order valence-corrected chi connectivity index (χ0v) is 10.6. The number of aromatic hydroxyl groups is 1. The molecule has 0 saturated heterocycles. The van der Waals surface area contributed by atoms with E-state index in [1.165, 1.54) is 6.07 Å². The molecule has 0 aliphatic heterocycles. The molecule has 0 fully saturated rings. The normalized spacial score (nSPS) is 13.4. The molecule has 1 aromatic carbocycles. The lowest BCUT2D eigenvalue weighted by atomic mass is 10.1. The van der Waals surface area contributed by atoms with Crippen molar-refractivity contribution in [2.75, 3.05) is 6.61 Å². The van der Waals surface area contributed by atoms with Gasteiger partial charge in [0.1, 0.15) is 5.75 Å². The van der Waals surface area contributed by atoms with Crippen LogP contribution in [0, 0.1) is 0 Å². The van der Waals surface area contributed by atoms with Crippen LogP contribution in [-0.4, -0.2) is 27.0 Å². The number of aromatic nitrogens is 2. The Labute approximate surface area is 117 Å². The van der Waals surface area contributed by atoms with E-state index in [0.29, 0.717) is 0 Å². The molecular weight excluding hydrogens is 291 g/mol. The van der Waals surface area contributed by atoms with Crippen molar-refractivity contribution < 1.29 is 27.9 Å². The standard InChI is InChI=1S/C12H12F3N3O3/c13-12(14,15)7-5-6(1-2-9(7)20)10-17-11(21-18-10)8(16)3-4-19/h1-2,5,8,19-20H,3-4,16H2. The molecule has 0 aliphatic carbocycles. The van der Waals surface area contributed by atoms with Crippen LogP contribution in [0.25, 0.3) is 11.4 Å². The number of nitrogens with two attached hydrogens (primary N) is 1. The lowest BCUT2D eigenvalue weighted by Gasteiger charge is -2.09. The van der Waals surface area contributed by atoms with Gasteiger partial charge in [-0.2, -0.15) is 18.2 Å². The van der Waals surface area contributed by atoms with Crippen molar-refractivity contribution in [3.8, 4) is 17.1 Å². The Balaban J connectivity index is 2.35. The van der Waals surface area contributed by atoms with Crippen molar-refractivity contribution in [3.63, 3.8) is 0 Å². The van der Waals surface area contributed by atoms with Crippen LogP contribution in [0.3, 0.4) is 0 Å². The summed E-state index contributed by atoms with van der Waals surface area (Å²) < 4.78 is 43.0. The van der Waals surface area contributed by atoms with Crippen molar-refractivity contribution >= 4 is 0 Å². The Morgan fingerprint density at radius 3 is 2.67 bits per heavy atom. The smallest absolute Gasteiger partial charge is 0.419 e. The molecule has 0 amide bonds. The number of aliphatic hydroxyl groups excluding tert-OH is 1. The summed E-state index contributed by atoms with van der Waals surface area (Å²) in [5.41, 5.74) is 4.49. The molecule has 0 saturated carbocycles. The van der Waals surface area contributed by atoms with E-state index in [4.69, 9.17) is 15.4 Å². The highest BCUT2D eigenvalue weighted by Gasteiger charge is 2.34. The molecule has 2 aromatic rings. The minimum Gasteiger partial charge on any atom is -0.507 e. The van der Waals surface area contributed by atoms with E-state index in [1.807, 2.05) is 0 Å². The minimum atomic E-state index is -4.69. The van der Waals surface area contributed by atoms with Crippen molar-refractivity contribution in [1.82, 2.24) is 10.1 Å². The molecule has 0 bridgehead atoms. The fraction of sp³-hybridized carbons (Fsp3) is 0.333. The van der Waals surface area contributed by atoms with Gasteiger partial charge in [0.2, 0.25) is 11.7 Å². The summed E-state index contributed by atoms with van der Waals surface area (Å²) in [4.78, 5) is 3.89. The Hall–Kier alpha value is -2.13. The molecule has 9 heteroatoms. The fourth-order valence-electron chi connectivity index (χ4n) is 1.67. The van der Waals surface area contributed by atoms with Crippen LogP contribution in [-0.2, 0) is 6.18 Å². The molecule has 21 heavy (non-hydrogen) atoms. The van der Waals surface area contributed by atoms with Crippen molar-refractivity contribution in [3.05, 3.63) is 29.7 Å². The summed E-state index contributed by atoms with van der Waals surface area (Å²) in [6.07, 6.45) is -4.51. The van der Waals surface area contributed by atoms with E-state index in [0.717, 1.165) is 12.1 Å². The average Bonchev–Trinajstić information content (AvgIpc) is 2.88. The van der Waals surface area contributed by atoms with Gasteiger partial charge >= 0.3 is 6.18 Å². The van der Waals surface area contributed by atoms with Gasteiger partial charge in [0.05, 0.1) is 11.6 Å². The first-order chi connectivity index (χ1) is 9.82. The Bertz CT molecular complexity index is 628. The van der Waals surface area contributed by atoms with E-state index in [2.05, 4.69) is 10.1 Å². The van der Waals surface area contributed by atoms with Gasteiger partial charge in [0, 0.05) is 12.2 Å². The number of benzene rings is 1.